The van der Waals surface area contributed by atoms with Crippen molar-refractivity contribution >= 4 is 5.69 Å². The first kappa shape index (κ1) is 12.3. The molecule has 94 valence electrons. The molecule has 1 fully saturated rings. The Hall–Kier alpha value is -1.20. The van der Waals surface area contributed by atoms with Crippen molar-refractivity contribution in [3.05, 3.63) is 23.8 Å². The Morgan fingerprint density at radius 3 is 2.71 bits per heavy atom. The number of aliphatic hydroxyl groups excluding tert-OH is 1. The summed E-state index contributed by atoms with van der Waals surface area (Å²) in [5.74, 6) is -0.385. The molecule has 1 aliphatic heterocycles. The molecular weight excluding hydrogens is 223 g/mol. The normalized spacial score (nSPS) is 25.1. The van der Waals surface area contributed by atoms with E-state index in [4.69, 9.17) is 4.74 Å². The van der Waals surface area contributed by atoms with Crippen molar-refractivity contribution in [2.24, 2.45) is 0 Å². The van der Waals surface area contributed by atoms with E-state index in [2.05, 4.69) is 4.98 Å². The fourth-order valence-corrected chi connectivity index (χ4v) is 2.23. The summed E-state index contributed by atoms with van der Waals surface area (Å²) in [6, 6.07) is 1.42. The second kappa shape index (κ2) is 4.98. The number of anilines is 1. The molecule has 1 saturated heterocycles. The lowest BCUT2D eigenvalue weighted by molar-refractivity contribution is -0.00536. The predicted molar refractivity (Wildman–Crippen MR) is 62.3 cm³/mol. The van der Waals surface area contributed by atoms with Crippen LogP contribution in [-0.2, 0) is 11.3 Å². The molecule has 2 rings (SSSR count). The predicted octanol–water partition coefficient (Wildman–Crippen LogP) is 1.33. The second-order valence-corrected chi connectivity index (χ2v) is 4.44. The quantitative estimate of drug-likeness (QED) is 0.847. The lowest BCUT2D eigenvalue weighted by Crippen LogP contribution is -2.46. The van der Waals surface area contributed by atoms with Gasteiger partial charge in [-0.05, 0) is 13.8 Å². The van der Waals surface area contributed by atoms with Gasteiger partial charge in [0.1, 0.15) is 5.82 Å². The van der Waals surface area contributed by atoms with Gasteiger partial charge >= 0.3 is 0 Å². The fourth-order valence-electron chi connectivity index (χ4n) is 2.23. The van der Waals surface area contributed by atoms with Gasteiger partial charge in [-0.2, -0.15) is 0 Å². The molecule has 0 bridgehead atoms. The largest absolute Gasteiger partial charge is 0.390 e. The highest BCUT2D eigenvalue weighted by Gasteiger charge is 2.24. The lowest BCUT2D eigenvalue weighted by atomic mass is 10.2. The Kier molecular flexibility index (Phi) is 3.59. The number of aliphatic hydroxyl groups is 1. The summed E-state index contributed by atoms with van der Waals surface area (Å²) in [6.45, 7) is 5.14. The highest BCUT2D eigenvalue weighted by molar-refractivity contribution is 5.51. The van der Waals surface area contributed by atoms with Crippen molar-refractivity contribution in [2.45, 2.75) is 32.7 Å². The van der Waals surface area contributed by atoms with E-state index in [1.165, 1.54) is 6.07 Å². The highest BCUT2D eigenvalue weighted by atomic mass is 19.1. The summed E-state index contributed by atoms with van der Waals surface area (Å²) in [7, 11) is 0. The number of hydrogen-bond acceptors (Lipinski definition) is 4. The lowest BCUT2D eigenvalue weighted by Gasteiger charge is -2.37. The van der Waals surface area contributed by atoms with E-state index in [-0.39, 0.29) is 24.6 Å². The molecule has 1 aliphatic rings. The second-order valence-electron chi connectivity index (χ2n) is 4.44. The number of aromatic nitrogens is 1. The van der Waals surface area contributed by atoms with Gasteiger partial charge in [-0.3, -0.25) is 4.98 Å². The van der Waals surface area contributed by atoms with Crippen LogP contribution in [0.2, 0.25) is 0 Å². The molecule has 0 amide bonds. The molecule has 4 nitrogen and oxygen atoms in total. The van der Waals surface area contributed by atoms with Crippen molar-refractivity contribution in [3.8, 4) is 0 Å². The smallest absolute Gasteiger partial charge is 0.143 e. The van der Waals surface area contributed by atoms with Gasteiger partial charge in [0, 0.05) is 19.2 Å². The zero-order valence-corrected chi connectivity index (χ0v) is 10.1. The SMILES string of the molecule is CC1CN(c2cc(F)cnc2CO)CC(C)O1. The number of pyridine rings is 1. The fraction of sp³-hybridized carbons (Fsp3) is 0.583. The van der Waals surface area contributed by atoms with Crippen LogP contribution < -0.4 is 4.90 Å². The molecule has 2 atom stereocenters. The molecule has 2 unspecified atom stereocenters. The Morgan fingerprint density at radius 2 is 2.12 bits per heavy atom. The summed E-state index contributed by atoms with van der Waals surface area (Å²) in [5.41, 5.74) is 1.17. The number of hydrogen-bond donors (Lipinski definition) is 1. The molecule has 2 heterocycles. The van der Waals surface area contributed by atoms with E-state index in [9.17, 15) is 9.50 Å². The van der Waals surface area contributed by atoms with E-state index in [0.29, 0.717) is 24.5 Å². The number of nitrogens with zero attached hydrogens (tertiary/aromatic N) is 2. The average molecular weight is 240 g/mol. The summed E-state index contributed by atoms with van der Waals surface area (Å²) < 4.78 is 18.9. The Morgan fingerprint density at radius 1 is 1.47 bits per heavy atom. The van der Waals surface area contributed by atoms with Gasteiger partial charge in [0.15, 0.2) is 0 Å². The van der Waals surface area contributed by atoms with Crippen LogP contribution in [0.15, 0.2) is 12.3 Å². The van der Waals surface area contributed by atoms with E-state index in [1.54, 1.807) is 0 Å². The number of rotatable bonds is 2. The maximum Gasteiger partial charge on any atom is 0.143 e. The molecule has 17 heavy (non-hydrogen) atoms. The van der Waals surface area contributed by atoms with E-state index < -0.39 is 0 Å². The van der Waals surface area contributed by atoms with E-state index in [1.807, 2.05) is 18.7 Å². The molecule has 0 saturated carbocycles. The van der Waals surface area contributed by atoms with Crippen LogP contribution in [-0.4, -0.2) is 35.4 Å². The molecule has 0 radical (unpaired) electrons. The minimum atomic E-state index is -0.385. The third-order valence-electron chi connectivity index (χ3n) is 2.82. The van der Waals surface area contributed by atoms with Crippen LogP contribution in [0, 0.1) is 5.82 Å². The summed E-state index contributed by atoms with van der Waals surface area (Å²) in [6.07, 6.45) is 1.31. The van der Waals surface area contributed by atoms with Crippen LogP contribution in [0.25, 0.3) is 0 Å². The Labute approximate surface area is 100 Å². The maximum absolute atomic E-state index is 13.2. The first-order valence-corrected chi connectivity index (χ1v) is 5.76. The summed E-state index contributed by atoms with van der Waals surface area (Å²) in [5, 5.41) is 9.23. The zero-order valence-electron chi connectivity index (χ0n) is 10.1. The van der Waals surface area contributed by atoms with Gasteiger partial charge in [-0.1, -0.05) is 0 Å². The monoisotopic (exact) mass is 240 g/mol. The van der Waals surface area contributed by atoms with Crippen LogP contribution in [0.3, 0.4) is 0 Å². The number of morpholine rings is 1. The third-order valence-corrected chi connectivity index (χ3v) is 2.82. The Bertz CT molecular complexity index is 390. The first-order valence-electron chi connectivity index (χ1n) is 5.76. The first-order chi connectivity index (χ1) is 8.10. The standard InChI is InChI=1S/C12H17FN2O2/c1-8-5-15(6-9(2)17-8)12-3-10(13)4-14-11(12)7-16/h3-4,8-9,16H,5-7H2,1-2H3. The number of halogens is 1. The van der Waals surface area contributed by atoms with Crippen molar-refractivity contribution in [1.29, 1.82) is 0 Å². The molecule has 0 aliphatic carbocycles. The van der Waals surface area contributed by atoms with Crippen molar-refractivity contribution in [3.63, 3.8) is 0 Å². The molecule has 0 aromatic carbocycles. The third kappa shape index (κ3) is 2.73. The van der Waals surface area contributed by atoms with E-state index in [0.717, 1.165) is 6.20 Å². The maximum atomic E-state index is 13.2. The molecule has 1 aromatic rings. The van der Waals surface area contributed by atoms with Crippen molar-refractivity contribution < 1.29 is 14.2 Å². The molecular formula is C12H17FN2O2. The van der Waals surface area contributed by atoms with Crippen LogP contribution >= 0.6 is 0 Å². The van der Waals surface area contributed by atoms with Gasteiger partial charge in [0.05, 0.1) is 36.4 Å². The molecule has 1 N–H and O–H groups in total. The van der Waals surface area contributed by atoms with Gasteiger partial charge < -0.3 is 14.7 Å². The minimum Gasteiger partial charge on any atom is -0.390 e. The summed E-state index contributed by atoms with van der Waals surface area (Å²) in [4.78, 5) is 5.93. The van der Waals surface area contributed by atoms with Gasteiger partial charge in [0.2, 0.25) is 0 Å². The van der Waals surface area contributed by atoms with Crippen LogP contribution in [0.1, 0.15) is 19.5 Å². The average Bonchev–Trinajstić information content (AvgIpc) is 2.27. The highest BCUT2D eigenvalue weighted by Crippen LogP contribution is 2.24. The summed E-state index contributed by atoms with van der Waals surface area (Å²) >= 11 is 0. The minimum absolute atomic E-state index is 0.0913. The Balaban J connectivity index is 2.28. The van der Waals surface area contributed by atoms with Crippen molar-refractivity contribution in [2.75, 3.05) is 18.0 Å². The molecule has 1 aromatic heterocycles. The van der Waals surface area contributed by atoms with Crippen molar-refractivity contribution in [1.82, 2.24) is 4.98 Å². The molecule has 5 heteroatoms. The van der Waals surface area contributed by atoms with Gasteiger partial charge in [-0.15, -0.1) is 0 Å². The topological polar surface area (TPSA) is 45.6 Å². The molecule has 0 spiro atoms. The number of ether oxygens (including phenoxy) is 1. The zero-order chi connectivity index (χ0) is 12.4. The van der Waals surface area contributed by atoms with E-state index >= 15 is 0 Å². The van der Waals surface area contributed by atoms with Crippen LogP contribution in [0.5, 0.6) is 0 Å². The van der Waals surface area contributed by atoms with Gasteiger partial charge in [0.25, 0.3) is 0 Å². The van der Waals surface area contributed by atoms with Gasteiger partial charge in [-0.25, -0.2) is 4.39 Å². The van der Waals surface area contributed by atoms with Crippen LogP contribution in [0.4, 0.5) is 10.1 Å².